The normalized spacial score (nSPS) is 11.4. The number of imidazole rings is 1. The van der Waals surface area contributed by atoms with E-state index in [2.05, 4.69) is 40.4 Å². The van der Waals surface area contributed by atoms with Gasteiger partial charge in [0.05, 0.1) is 34.8 Å². The summed E-state index contributed by atoms with van der Waals surface area (Å²) in [5, 5.41) is 11.3. The van der Waals surface area contributed by atoms with E-state index in [0.29, 0.717) is 28.5 Å². The van der Waals surface area contributed by atoms with Crippen molar-refractivity contribution in [3.8, 4) is 33.9 Å². The lowest BCUT2D eigenvalue weighted by atomic mass is 10.1. The first-order valence-corrected chi connectivity index (χ1v) is 11.4. The van der Waals surface area contributed by atoms with Crippen molar-refractivity contribution in [2.45, 2.75) is 13.8 Å². The first kappa shape index (κ1) is 21.5. The number of aromatic amines is 2. The lowest BCUT2D eigenvalue weighted by Gasteiger charge is -2.08. The first-order chi connectivity index (χ1) is 17.6. The molecule has 6 aromatic rings. The van der Waals surface area contributed by atoms with Crippen molar-refractivity contribution in [3.05, 3.63) is 67.5 Å². The van der Waals surface area contributed by atoms with Gasteiger partial charge in [-0.3, -0.25) is 24.8 Å². The predicted molar refractivity (Wildman–Crippen MR) is 137 cm³/mol. The second kappa shape index (κ2) is 8.66. The van der Waals surface area contributed by atoms with Crippen molar-refractivity contribution in [3.63, 3.8) is 0 Å². The summed E-state index contributed by atoms with van der Waals surface area (Å²) in [6, 6.07) is 9.61. The highest BCUT2D eigenvalue weighted by Gasteiger charge is 2.17. The van der Waals surface area contributed by atoms with Crippen LogP contribution in [0.2, 0.25) is 0 Å². The van der Waals surface area contributed by atoms with Crippen molar-refractivity contribution in [2.75, 3.05) is 5.32 Å². The number of H-pyrrole nitrogens is 2. The van der Waals surface area contributed by atoms with E-state index in [4.69, 9.17) is 4.98 Å². The quantitative estimate of drug-likeness (QED) is 0.331. The van der Waals surface area contributed by atoms with Crippen LogP contribution in [0.15, 0.2) is 67.5 Å². The van der Waals surface area contributed by atoms with Gasteiger partial charge < -0.3 is 10.3 Å². The van der Waals surface area contributed by atoms with Gasteiger partial charge in [-0.15, -0.1) is 0 Å². The molecule has 6 rings (SSSR count). The Morgan fingerprint density at radius 2 is 1.86 bits per heavy atom. The summed E-state index contributed by atoms with van der Waals surface area (Å²) in [7, 11) is 0. The van der Waals surface area contributed by atoms with Crippen LogP contribution in [-0.4, -0.2) is 46.0 Å². The number of fused-ring (bicyclic) bond motifs is 2. The molecule has 1 amide bonds. The molecule has 36 heavy (non-hydrogen) atoms. The molecule has 0 spiro atoms. The number of carbonyl (C=O) groups excluding carboxylic acids is 1. The average Bonchev–Trinajstić information content (AvgIpc) is 3.53. The zero-order valence-corrected chi connectivity index (χ0v) is 19.5. The molecular weight excluding hydrogens is 454 g/mol. The predicted octanol–water partition coefficient (Wildman–Crippen LogP) is 4.61. The number of nitrogens with zero attached hydrogens (tertiary/aromatic N) is 6. The van der Waals surface area contributed by atoms with Crippen molar-refractivity contribution in [2.24, 2.45) is 5.92 Å². The zero-order valence-electron chi connectivity index (χ0n) is 19.5. The molecule has 10 nitrogen and oxygen atoms in total. The number of pyridine rings is 4. The average molecular weight is 476 g/mol. The van der Waals surface area contributed by atoms with Crippen molar-refractivity contribution < 1.29 is 4.79 Å². The van der Waals surface area contributed by atoms with E-state index in [-0.39, 0.29) is 11.8 Å². The number of hydrogen-bond acceptors (Lipinski definition) is 7. The van der Waals surface area contributed by atoms with E-state index >= 15 is 0 Å². The van der Waals surface area contributed by atoms with Gasteiger partial charge in [0.2, 0.25) is 5.91 Å². The molecule has 10 heteroatoms. The van der Waals surface area contributed by atoms with Gasteiger partial charge in [-0.1, -0.05) is 19.9 Å². The van der Waals surface area contributed by atoms with E-state index in [1.165, 1.54) is 0 Å². The van der Waals surface area contributed by atoms with Crippen molar-refractivity contribution in [1.82, 2.24) is 40.1 Å². The molecule has 0 fully saturated rings. The third-order valence-corrected chi connectivity index (χ3v) is 5.86. The van der Waals surface area contributed by atoms with Gasteiger partial charge >= 0.3 is 0 Å². The Kier molecular flexibility index (Phi) is 5.18. The third-order valence-electron chi connectivity index (χ3n) is 5.86. The summed E-state index contributed by atoms with van der Waals surface area (Å²) in [5.74, 6) is 0.389. The molecule has 0 bridgehead atoms. The van der Waals surface area contributed by atoms with Crippen molar-refractivity contribution >= 4 is 33.7 Å². The molecule has 0 unspecified atom stereocenters. The maximum atomic E-state index is 12.1. The zero-order chi connectivity index (χ0) is 24.6. The van der Waals surface area contributed by atoms with Gasteiger partial charge in [0.25, 0.3) is 0 Å². The van der Waals surface area contributed by atoms with E-state index in [1.54, 1.807) is 31.0 Å². The number of aromatic nitrogens is 8. The van der Waals surface area contributed by atoms with Crippen LogP contribution in [0.5, 0.6) is 0 Å². The maximum absolute atomic E-state index is 12.1. The van der Waals surface area contributed by atoms with Crippen LogP contribution in [0.25, 0.3) is 56.0 Å². The van der Waals surface area contributed by atoms with Gasteiger partial charge in [0, 0.05) is 52.8 Å². The maximum Gasteiger partial charge on any atom is 0.226 e. The topological polar surface area (TPSA) is 138 Å². The Balaban J connectivity index is 1.41. The highest BCUT2D eigenvalue weighted by Crippen LogP contribution is 2.31. The fraction of sp³-hybridized carbons (Fsp3) is 0.115. The molecule has 0 aliphatic rings. The molecule has 0 aliphatic heterocycles. The molecule has 6 heterocycles. The summed E-state index contributed by atoms with van der Waals surface area (Å²) < 4.78 is 0. The van der Waals surface area contributed by atoms with Crippen LogP contribution in [0.1, 0.15) is 13.8 Å². The van der Waals surface area contributed by atoms with Crippen LogP contribution in [-0.2, 0) is 4.79 Å². The number of carbonyl (C=O) groups is 1. The van der Waals surface area contributed by atoms with E-state index in [1.807, 2.05) is 50.4 Å². The van der Waals surface area contributed by atoms with Crippen molar-refractivity contribution in [1.29, 1.82) is 0 Å². The molecule has 0 aromatic carbocycles. The number of rotatable bonds is 5. The summed E-state index contributed by atoms with van der Waals surface area (Å²) >= 11 is 0. The monoisotopic (exact) mass is 475 g/mol. The minimum absolute atomic E-state index is 0.0707. The van der Waals surface area contributed by atoms with Crippen LogP contribution < -0.4 is 5.32 Å². The van der Waals surface area contributed by atoms with Crippen LogP contribution >= 0.6 is 0 Å². The van der Waals surface area contributed by atoms with Gasteiger partial charge in [0.15, 0.2) is 11.5 Å². The minimum atomic E-state index is -0.131. The van der Waals surface area contributed by atoms with Gasteiger partial charge in [-0.05, 0) is 24.3 Å². The summed E-state index contributed by atoms with van der Waals surface area (Å²) in [5.41, 5.74) is 6.84. The molecular formula is C26H21N9O. The van der Waals surface area contributed by atoms with Crippen LogP contribution in [0.3, 0.4) is 0 Å². The molecule has 3 N–H and O–H groups in total. The van der Waals surface area contributed by atoms with Gasteiger partial charge in [0.1, 0.15) is 5.69 Å². The second-order valence-electron chi connectivity index (χ2n) is 8.68. The fourth-order valence-electron chi connectivity index (χ4n) is 3.98. The number of nitrogens with one attached hydrogen (secondary N) is 3. The van der Waals surface area contributed by atoms with Crippen LogP contribution in [0.4, 0.5) is 5.69 Å². The first-order valence-electron chi connectivity index (χ1n) is 11.4. The summed E-state index contributed by atoms with van der Waals surface area (Å²) in [4.78, 5) is 37.7. The SMILES string of the molecule is CC(C)C(=O)Nc1cncc(-c2cc3c(-c4nc5nccc(-c6cccnc6)c5[nH]4)n[nH]c3cn2)c1. The van der Waals surface area contributed by atoms with E-state index < -0.39 is 0 Å². The Hall–Kier alpha value is -4.99. The Bertz CT molecular complexity index is 1720. The summed E-state index contributed by atoms with van der Waals surface area (Å²) in [6.45, 7) is 3.69. The Morgan fingerprint density at radius 1 is 0.972 bits per heavy atom. The molecule has 0 radical (unpaired) electrons. The standard InChI is InChI=1S/C26H21N9O/c1-14(2)26(36)31-17-8-16(11-28-12-17)20-9-19-21(13-30-20)34-35-23(19)25-32-22-18(5-7-29-24(22)33-25)15-4-3-6-27-10-15/h3-14H,1-2H3,(H,31,36)(H,34,35)(H,29,32,33). The third kappa shape index (κ3) is 3.84. The Labute approximate surface area is 205 Å². The van der Waals surface area contributed by atoms with E-state index in [9.17, 15) is 4.79 Å². The van der Waals surface area contributed by atoms with Crippen LogP contribution in [0, 0.1) is 5.92 Å². The Morgan fingerprint density at radius 3 is 2.69 bits per heavy atom. The summed E-state index contributed by atoms with van der Waals surface area (Å²) in [6.07, 6.45) is 10.3. The molecule has 0 saturated heterocycles. The molecule has 176 valence electrons. The lowest BCUT2D eigenvalue weighted by molar-refractivity contribution is -0.118. The number of amides is 1. The van der Waals surface area contributed by atoms with E-state index in [0.717, 1.165) is 33.1 Å². The second-order valence-corrected chi connectivity index (χ2v) is 8.68. The highest BCUT2D eigenvalue weighted by molar-refractivity contribution is 5.97. The molecule has 0 saturated carbocycles. The van der Waals surface area contributed by atoms with Gasteiger partial charge in [-0.2, -0.15) is 5.10 Å². The molecule has 0 aliphatic carbocycles. The smallest absolute Gasteiger partial charge is 0.226 e. The molecule has 0 atom stereocenters. The minimum Gasteiger partial charge on any atom is -0.335 e. The molecule has 6 aromatic heterocycles. The fourth-order valence-corrected chi connectivity index (χ4v) is 3.98. The highest BCUT2D eigenvalue weighted by atomic mass is 16.1. The van der Waals surface area contributed by atoms with Gasteiger partial charge in [-0.25, -0.2) is 9.97 Å². The lowest BCUT2D eigenvalue weighted by Crippen LogP contribution is -2.17. The largest absolute Gasteiger partial charge is 0.335 e. The number of hydrogen-bond donors (Lipinski definition) is 3. The number of anilines is 1.